The Labute approximate surface area is 341 Å². The number of carbonyl (C=O) groups excluding carboxylic acids is 2. The second kappa shape index (κ2) is 37.7. The van der Waals surface area contributed by atoms with E-state index in [4.69, 9.17) is 18.9 Å². The lowest BCUT2D eigenvalue weighted by Gasteiger charge is -2.39. The van der Waals surface area contributed by atoms with Gasteiger partial charge in [0.2, 0.25) is 0 Å². The van der Waals surface area contributed by atoms with Crippen LogP contribution in [-0.4, -0.2) is 89.0 Å². The number of aliphatic hydroxyl groups excluding tert-OH is 4. The molecule has 0 aromatic carbocycles. The van der Waals surface area contributed by atoms with E-state index in [1.807, 2.05) is 0 Å². The van der Waals surface area contributed by atoms with Gasteiger partial charge in [-0.15, -0.1) is 0 Å². The van der Waals surface area contributed by atoms with Crippen molar-refractivity contribution < 1.29 is 49.0 Å². The van der Waals surface area contributed by atoms with Crippen molar-refractivity contribution in [3.8, 4) is 0 Å². The molecule has 0 aromatic rings. The predicted molar refractivity (Wildman–Crippen MR) is 224 cm³/mol. The van der Waals surface area contributed by atoms with Gasteiger partial charge >= 0.3 is 11.9 Å². The molecule has 1 rings (SSSR count). The van der Waals surface area contributed by atoms with Crippen LogP contribution in [0.5, 0.6) is 0 Å². The smallest absolute Gasteiger partial charge is 0.306 e. The largest absolute Gasteiger partial charge is 0.462 e. The number of unbranched alkanes of at least 4 members (excludes halogenated alkanes) is 26. The van der Waals surface area contributed by atoms with Crippen molar-refractivity contribution in [1.29, 1.82) is 0 Å². The Kier molecular flexibility index (Phi) is 35.3. The van der Waals surface area contributed by atoms with Crippen LogP contribution in [0.3, 0.4) is 0 Å². The fraction of sp³-hybridized carbons (Fsp3) is 0.913. The quantitative estimate of drug-likeness (QED) is 0.0269. The molecule has 10 heteroatoms. The molecule has 56 heavy (non-hydrogen) atoms. The summed E-state index contributed by atoms with van der Waals surface area (Å²) in [7, 11) is 0. The van der Waals surface area contributed by atoms with Gasteiger partial charge in [0.25, 0.3) is 0 Å². The number of hydrogen-bond donors (Lipinski definition) is 4. The topological polar surface area (TPSA) is 152 Å². The summed E-state index contributed by atoms with van der Waals surface area (Å²) in [5.41, 5.74) is 0. The average Bonchev–Trinajstić information content (AvgIpc) is 3.19. The molecule has 0 amide bonds. The summed E-state index contributed by atoms with van der Waals surface area (Å²) in [6, 6.07) is 0. The van der Waals surface area contributed by atoms with E-state index in [0.29, 0.717) is 6.42 Å². The van der Waals surface area contributed by atoms with E-state index in [9.17, 15) is 30.0 Å². The van der Waals surface area contributed by atoms with Gasteiger partial charge in [-0.25, -0.2) is 0 Å². The Hall–Kier alpha value is -1.56. The molecule has 0 saturated carbocycles. The van der Waals surface area contributed by atoms with Crippen molar-refractivity contribution in [2.24, 2.45) is 0 Å². The first-order chi connectivity index (χ1) is 27.3. The van der Waals surface area contributed by atoms with E-state index in [-0.39, 0.29) is 32.0 Å². The number of esters is 2. The van der Waals surface area contributed by atoms with Crippen LogP contribution in [0.4, 0.5) is 0 Å². The van der Waals surface area contributed by atoms with Gasteiger partial charge in [0, 0.05) is 12.8 Å². The molecular weight excluding hydrogens is 712 g/mol. The summed E-state index contributed by atoms with van der Waals surface area (Å²) < 4.78 is 22.2. The number of aliphatic hydroxyl groups is 4. The van der Waals surface area contributed by atoms with E-state index in [1.165, 1.54) is 135 Å². The molecule has 0 spiro atoms. The minimum Gasteiger partial charge on any atom is -0.462 e. The normalized spacial score (nSPS) is 20.4. The molecule has 0 aromatic heterocycles. The summed E-state index contributed by atoms with van der Waals surface area (Å²) in [6.07, 6.45) is 32.1. The Morgan fingerprint density at radius 1 is 0.536 bits per heavy atom. The van der Waals surface area contributed by atoms with Gasteiger partial charge in [-0.05, 0) is 38.5 Å². The number of allylic oxidation sites excluding steroid dienone is 2. The maximum absolute atomic E-state index is 12.8. The van der Waals surface area contributed by atoms with E-state index in [0.717, 1.165) is 44.9 Å². The molecule has 0 radical (unpaired) electrons. The zero-order valence-corrected chi connectivity index (χ0v) is 35.9. The molecule has 1 saturated heterocycles. The van der Waals surface area contributed by atoms with Gasteiger partial charge in [0.05, 0.1) is 13.2 Å². The molecule has 6 atom stereocenters. The molecule has 1 aliphatic rings. The maximum Gasteiger partial charge on any atom is 0.306 e. The fourth-order valence-electron chi connectivity index (χ4n) is 7.18. The SMILES string of the molecule is CCCCCCCC/C=C\CCCCCCCCCC(=O)OC(COC(=O)CCCCCCCCCCCCCCCC)COC1OC(CO)C(O)C(O)C1O. The minimum absolute atomic E-state index is 0.213. The zero-order chi connectivity index (χ0) is 40.9. The third-order valence-corrected chi connectivity index (χ3v) is 10.9. The van der Waals surface area contributed by atoms with Crippen LogP contribution in [0.1, 0.15) is 213 Å². The van der Waals surface area contributed by atoms with Crippen LogP contribution < -0.4 is 0 Å². The summed E-state index contributed by atoms with van der Waals surface area (Å²) in [5, 5.41) is 40.1. The van der Waals surface area contributed by atoms with Crippen LogP contribution in [0.15, 0.2) is 12.2 Å². The molecule has 1 aliphatic heterocycles. The van der Waals surface area contributed by atoms with Crippen LogP contribution in [0.2, 0.25) is 0 Å². The molecule has 0 bridgehead atoms. The summed E-state index contributed by atoms with van der Waals surface area (Å²) >= 11 is 0. The van der Waals surface area contributed by atoms with Crippen LogP contribution in [0, 0.1) is 0 Å². The second-order valence-electron chi connectivity index (χ2n) is 16.2. The molecule has 10 nitrogen and oxygen atoms in total. The zero-order valence-electron chi connectivity index (χ0n) is 35.9. The van der Waals surface area contributed by atoms with Gasteiger partial charge in [0.15, 0.2) is 12.4 Å². The minimum atomic E-state index is -1.59. The lowest BCUT2D eigenvalue weighted by molar-refractivity contribution is -0.305. The van der Waals surface area contributed by atoms with Crippen LogP contribution >= 0.6 is 0 Å². The summed E-state index contributed by atoms with van der Waals surface area (Å²) in [5.74, 6) is -0.801. The lowest BCUT2D eigenvalue weighted by atomic mass is 9.99. The fourth-order valence-corrected chi connectivity index (χ4v) is 7.18. The first-order valence-electron chi connectivity index (χ1n) is 23.3. The lowest BCUT2D eigenvalue weighted by Crippen LogP contribution is -2.59. The number of carbonyl (C=O) groups is 2. The second-order valence-corrected chi connectivity index (χ2v) is 16.2. The summed E-state index contributed by atoms with van der Waals surface area (Å²) in [6.45, 7) is 3.44. The van der Waals surface area contributed by atoms with Crippen molar-refractivity contribution in [3.63, 3.8) is 0 Å². The maximum atomic E-state index is 12.8. The standard InChI is InChI=1S/C46H86O10/c1-3-5-7-9-11-13-15-17-19-20-21-23-25-27-29-31-33-35-42(49)55-39(38-54-46-45(52)44(51)43(50)40(36-47)56-46)37-53-41(48)34-32-30-28-26-24-22-18-16-14-12-10-8-6-4-2/h17,19,39-40,43-47,50-52H,3-16,18,20-38H2,1-2H3/b19-17-. The molecule has 4 N–H and O–H groups in total. The average molecular weight is 799 g/mol. The third kappa shape index (κ3) is 28.8. The highest BCUT2D eigenvalue weighted by molar-refractivity contribution is 5.70. The van der Waals surface area contributed by atoms with Crippen molar-refractivity contribution in [1.82, 2.24) is 0 Å². The van der Waals surface area contributed by atoms with Gasteiger partial charge in [-0.3, -0.25) is 9.59 Å². The first-order valence-corrected chi connectivity index (χ1v) is 23.3. The van der Waals surface area contributed by atoms with E-state index in [1.54, 1.807) is 0 Å². The Morgan fingerprint density at radius 3 is 1.39 bits per heavy atom. The van der Waals surface area contributed by atoms with Crippen molar-refractivity contribution in [3.05, 3.63) is 12.2 Å². The number of rotatable bonds is 39. The highest BCUT2D eigenvalue weighted by Crippen LogP contribution is 2.23. The molecule has 330 valence electrons. The highest BCUT2D eigenvalue weighted by atomic mass is 16.7. The van der Waals surface area contributed by atoms with E-state index < -0.39 is 49.4 Å². The van der Waals surface area contributed by atoms with Gasteiger partial charge in [-0.2, -0.15) is 0 Å². The molecule has 6 unspecified atom stereocenters. The van der Waals surface area contributed by atoms with Crippen molar-refractivity contribution in [2.75, 3.05) is 19.8 Å². The molecule has 0 aliphatic carbocycles. The molecule has 1 heterocycles. The molecular formula is C46H86O10. The predicted octanol–water partition coefficient (Wildman–Crippen LogP) is 9.95. The van der Waals surface area contributed by atoms with E-state index in [2.05, 4.69) is 26.0 Å². The van der Waals surface area contributed by atoms with Crippen molar-refractivity contribution >= 4 is 11.9 Å². The summed E-state index contributed by atoms with van der Waals surface area (Å²) in [4.78, 5) is 25.3. The van der Waals surface area contributed by atoms with E-state index >= 15 is 0 Å². The third-order valence-electron chi connectivity index (χ3n) is 10.9. The van der Waals surface area contributed by atoms with Crippen molar-refractivity contribution in [2.45, 2.75) is 250 Å². The first kappa shape index (κ1) is 52.5. The Morgan fingerprint density at radius 2 is 0.946 bits per heavy atom. The van der Waals surface area contributed by atoms with Gasteiger partial charge in [0.1, 0.15) is 31.0 Å². The Bertz CT molecular complexity index is 928. The molecule has 1 fully saturated rings. The number of hydrogen-bond acceptors (Lipinski definition) is 10. The van der Waals surface area contributed by atoms with Crippen LogP contribution in [-0.2, 0) is 28.5 Å². The van der Waals surface area contributed by atoms with Crippen LogP contribution in [0.25, 0.3) is 0 Å². The number of ether oxygens (including phenoxy) is 4. The van der Waals surface area contributed by atoms with Gasteiger partial charge in [-0.1, -0.05) is 174 Å². The monoisotopic (exact) mass is 799 g/mol. The highest BCUT2D eigenvalue weighted by Gasteiger charge is 2.44. The van der Waals surface area contributed by atoms with Gasteiger partial charge < -0.3 is 39.4 Å². The Balaban J connectivity index is 2.31.